The van der Waals surface area contributed by atoms with E-state index in [9.17, 15) is 9.59 Å². The summed E-state index contributed by atoms with van der Waals surface area (Å²) in [6.45, 7) is 1.32. The van der Waals surface area contributed by atoms with E-state index >= 15 is 0 Å². The fraction of sp³-hybridized carbons (Fsp3) is 0.600. The Hall–Kier alpha value is -0.550. The van der Waals surface area contributed by atoms with Gasteiger partial charge in [0.1, 0.15) is 0 Å². The van der Waals surface area contributed by atoms with Gasteiger partial charge in [-0.3, -0.25) is 4.79 Å². The first-order valence-corrected chi connectivity index (χ1v) is 3.57. The average Bonchev–Trinajstić information content (AvgIpc) is 1.82. The minimum absolute atomic E-state index is 0.0787. The summed E-state index contributed by atoms with van der Waals surface area (Å²) in [6.07, 6.45) is -1.44. The molecule has 0 amide bonds. The molecule has 0 heterocycles. The van der Waals surface area contributed by atoms with Crippen molar-refractivity contribution in [1.29, 1.82) is 0 Å². The molecule has 4 nitrogen and oxygen atoms in total. The monoisotopic (exact) mass is 164 g/mol. The third-order valence-electron chi connectivity index (χ3n) is 0.730. The number of carbonyl (C=O) groups is 2. The van der Waals surface area contributed by atoms with Crippen molar-refractivity contribution in [3.8, 4) is 0 Å². The van der Waals surface area contributed by atoms with Crippen LogP contribution in [0.4, 0.5) is 0 Å². The van der Waals surface area contributed by atoms with E-state index in [4.69, 9.17) is 10.2 Å². The van der Waals surface area contributed by atoms with E-state index in [0.29, 0.717) is 0 Å². The number of hydrogen-bond donors (Lipinski definition) is 2. The summed E-state index contributed by atoms with van der Waals surface area (Å²) in [4.78, 5) is 20.2. The smallest absolute Gasteiger partial charge is 0.333 e. The number of carboxylic acid groups (broad SMARTS) is 1. The highest BCUT2D eigenvalue weighted by atomic mass is 32.2. The Morgan fingerprint density at radius 2 is 2.10 bits per heavy atom. The molecule has 0 aliphatic rings. The highest BCUT2D eigenvalue weighted by molar-refractivity contribution is 8.13. The number of aliphatic hydroxyl groups excluding tert-OH is 1. The van der Waals surface area contributed by atoms with Crippen molar-refractivity contribution >= 4 is 22.8 Å². The van der Waals surface area contributed by atoms with E-state index in [-0.39, 0.29) is 10.9 Å². The van der Waals surface area contributed by atoms with Crippen LogP contribution in [0.2, 0.25) is 0 Å². The van der Waals surface area contributed by atoms with E-state index in [1.54, 1.807) is 0 Å². The molecule has 58 valence electrons. The fourth-order valence-electron chi connectivity index (χ4n) is 0.268. The first-order valence-electron chi connectivity index (χ1n) is 2.58. The molecule has 5 heteroatoms. The number of thioether (sulfide) groups is 1. The van der Waals surface area contributed by atoms with Gasteiger partial charge in [0, 0.05) is 12.7 Å². The number of rotatable bonds is 3. The van der Waals surface area contributed by atoms with Crippen molar-refractivity contribution in [3.63, 3.8) is 0 Å². The summed E-state index contributed by atoms with van der Waals surface area (Å²) in [7, 11) is 0. The Kier molecular flexibility index (Phi) is 4.06. The summed E-state index contributed by atoms with van der Waals surface area (Å²) >= 11 is 0.798. The van der Waals surface area contributed by atoms with E-state index < -0.39 is 12.1 Å². The van der Waals surface area contributed by atoms with Gasteiger partial charge in [0.2, 0.25) is 0 Å². The van der Waals surface area contributed by atoms with Crippen molar-refractivity contribution in [2.45, 2.75) is 13.0 Å². The highest BCUT2D eigenvalue weighted by Gasteiger charge is 2.13. The third kappa shape index (κ3) is 4.34. The van der Waals surface area contributed by atoms with E-state index in [2.05, 4.69) is 0 Å². The van der Waals surface area contributed by atoms with E-state index in [1.165, 1.54) is 6.92 Å². The van der Waals surface area contributed by atoms with Gasteiger partial charge in [-0.25, -0.2) is 4.79 Å². The van der Waals surface area contributed by atoms with Crippen LogP contribution in [0.5, 0.6) is 0 Å². The van der Waals surface area contributed by atoms with Crippen LogP contribution < -0.4 is 0 Å². The molecule has 2 N–H and O–H groups in total. The molecule has 0 aromatic heterocycles. The fourth-order valence-corrected chi connectivity index (χ4v) is 0.803. The van der Waals surface area contributed by atoms with Gasteiger partial charge in [0.25, 0.3) is 0 Å². The lowest BCUT2D eigenvalue weighted by Gasteiger charge is -2.00. The molecule has 0 saturated heterocycles. The molecule has 0 rings (SSSR count). The molecule has 0 aliphatic heterocycles. The quantitative estimate of drug-likeness (QED) is 0.599. The third-order valence-corrected chi connectivity index (χ3v) is 1.62. The van der Waals surface area contributed by atoms with Crippen LogP contribution in [0.15, 0.2) is 0 Å². The molecular formula is C5H8O4S. The zero-order valence-electron chi connectivity index (χ0n) is 5.40. The van der Waals surface area contributed by atoms with Crippen molar-refractivity contribution in [3.05, 3.63) is 0 Å². The minimum atomic E-state index is -1.44. The molecule has 1 unspecified atom stereocenters. The van der Waals surface area contributed by atoms with Crippen molar-refractivity contribution in [2.24, 2.45) is 0 Å². The van der Waals surface area contributed by atoms with Gasteiger partial charge in [-0.15, -0.1) is 0 Å². The standard InChI is InChI=1S/C5H8O4S/c1-3(6)10-2-4(7)5(8)9/h4,7H,2H2,1H3,(H,8,9). The second kappa shape index (κ2) is 4.29. The topological polar surface area (TPSA) is 74.6 Å². The SMILES string of the molecule is CC(=O)SCC(O)C(=O)O. The molecule has 0 bridgehead atoms. The zero-order valence-corrected chi connectivity index (χ0v) is 6.22. The van der Waals surface area contributed by atoms with Gasteiger partial charge in [-0.2, -0.15) is 0 Å². The van der Waals surface area contributed by atoms with Crippen LogP contribution in [0.25, 0.3) is 0 Å². The predicted octanol–water partition coefficient (Wildman–Crippen LogP) is -0.288. The van der Waals surface area contributed by atoms with Gasteiger partial charge in [0.05, 0.1) is 0 Å². The normalized spacial score (nSPS) is 12.6. The molecule has 0 spiro atoms. The number of aliphatic carboxylic acids is 1. The predicted molar refractivity (Wildman–Crippen MR) is 36.8 cm³/mol. The second-order valence-electron chi connectivity index (χ2n) is 1.66. The lowest BCUT2D eigenvalue weighted by atomic mass is 10.4. The van der Waals surface area contributed by atoms with E-state index in [0.717, 1.165) is 11.8 Å². The molecule has 0 aromatic rings. The summed E-state index contributed by atoms with van der Waals surface area (Å²) in [5.41, 5.74) is 0. The Morgan fingerprint density at radius 3 is 2.40 bits per heavy atom. The molecule has 0 aliphatic carbocycles. The number of hydrogen-bond acceptors (Lipinski definition) is 4. The van der Waals surface area contributed by atoms with Gasteiger partial charge in [0.15, 0.2) is 11.2 Å². The van der Waals surface area contributed by atoms with Crippen LogP contribution >= 0.6 is 11.8 Å². The minimum Gasteiger partial charge on any atom is -0.479 e. The maximum absolute atomic E-state index is 10.2. The van der Waals surface area contributed by atoms with Gasteiger partial charge in [-0.05, 0) is 0 Å². The molecule has 0 radical (unpaired) electrons. The van der Waals surface area contributed by atoms with Gasteiger partial charge < -0.3 is 10.2 Å². The van der Waals surface area contributed by atoms with Crippen LogP contribution in [0.1, 0.15) is 6.92 Å². The Balaban J connectivity index is 3.49. The maximum atomic E-state index is 10.2. The second-order valence-corrected chi connectivity index (χ2v) is 2.85. The largest absolute Gasteiger partial charge is 0.479 e. The molecule has 0 aromatic carbocycles. The van der Waals surface area contributed by atoms with Crippen molar-refractivity contribution in [1.82, 2.24) is 0 Å². The van der Waals surface area contributed by atoms with Crippen molar-refractivity contribution < 1.29 is 19.8 Å². The van der Waals surface area contributed by atoms with Gasteiger partial charge >= 0.3 is 5.97 Å². The summed E-state index contributed by atoms with van der Waals surface area (Å²) in [5, 5.41) is 16.5. The first kappa shape index (κ1) is 9.45. The van der Waals surface area contributed by atoms with Crippen LogP contribution in [0.3, 0.4) is 0 Å². The number of carbonyl (C=O) groups excluding carboxylic acids is 1. The van der Waals surface area contributed by atoms with Crippen molar-refractivity contribution in [2.75, 3.05) is 5.75 Å². The number of carboxylic acids is 1. The molecular weight excluding hydrogens is 156 g/mol. The summed E-state index contributed by atoms with van der Waals surface area (Å²) in [5.74, 6) is -1.38. The van der Waals surface area contributed by atoms with E-state index in [1.807, 2.05) is 0 Å². The molecule has 10 heavy (non-hydrogen) atoms. The van der Waals surface area contributed by atoms with Crippen LogP contribution in [-0.2, 0) is 9.59 Å². The summed E-state index contributed by atoms with van der Waals surface area (Å²) < 4.78 is 0. The number of aliphatic hydroxyl groups is 1. The highest BCUT2D eigenvalue weighted by Crippen LogP contribution is 2.03. The maximum Gasteiger partial charge on any atom is 0.333 e. The molecule has 1 atom stereocenters. The Morgan fingerprint density at radius 1 is 1.60 bits per heavy atom. The zero-order chi connectivity index (χ0) is 8.15. The van der Waals surface area contributed by atoms with Crippen LogP contribution in [-0.4, -0.2) is 33.2 Å². The molecule has 0 fully saturated rings. The first-order chi connectivity index (χ1) is 4.54. The average molecular weight is 164 g/mol. The lowest BCUT2D eigenvalue weighted by Crippen LogP contribution is -2.22. The Labute approximate surface area is 62.2 Å². The van der Waals surface area contributed by atoms with Gasteiger partial charge in [-0.1, -0.05) is 11.8 Å². The molecule has 0 saturated carbocycles. The lowest BCUT2D eigenvalue weighted by molar-refractivity contribution is -0.145. The Bertz CT molecular complexity index is 145. The summed E-state index contributed by atoms with van der Waals surface area (Å²) in [6, 6.07) is 0. The van der Waals surface area contributed by atoms with Crippen LogP contribution in [0, 0.1) is 0 Å².